The molecule has 0 saturated carbocycles. The third kappa shape index (κ3) is 5.23. The number of methoxy groups -OCH3 is 1. The van der Waals surface area contributed by atoms with Gasteiger partial charge < -0.3 is 10.1 Å². The minimum Gasteiger partial charge on any atom is -0.495 e. The van der Waals surface area contributed by atoms with Gasteiger partial charge in [-0.25, -0.2) is 8.42 Å². The van der Waals surface area contributed by atoms with Crippen molar-refractivity contribution in [2.75, 3.05) is 29.5 Å². The van der Waals surface area contributed by atoms with Gasteiger partial charge in [-0.3, -0.25) is 9.10 Å². The monoisotopic (exact) mass is 390 g/mol. The largest absolute Gasteiger partial charge is 0.495 e. The van der Waals surface area contributed by atoms with E-state index in [0.29, 0.717) is 11.4 Å². The van der Waals surface area contributed by atoms with Crippen LogP contribution in [-0.2, 0) is 14.8 Å². The molecule has 0 saturated heterocycles. The topological polar surface area (TPSA) is 75.7 Å². The Bertz CT molecular complexity index is 939. The normalized spacial score (nSPS) is 11.1. The van der Waals surface area contributed by atoms with Gasteiger partial charge in [-0.1, -0.05) is 18.2 Å². The predicted molar refractivity (Wildman–Crippen MR) is 109 cm³/mol. The number of amides is 1. The number of nitrogens with zero attached hydrogens (tertiary/aromatic N) is 1. The van der Waals surface area contributed by atoms with E-state index in [-0.39, 0.29) is 18.9 Å². The van der Waals surface area contributed by atoms with Crippen LogP contribution >= 0.6 is 0 Å². The van der Waals surface area contributed by atoms with Crippen LogP contribution in [0, 0.1) is 20.8 Å². The molecule has 146 valence electrons. The summed E-state index contributed by atoms with van der Waals surface area (Å²) in [5, 5.41) is 2.86. The maximum atomic E-state index is 12.4. The Balaban J connectivity index is 2.20. The molecule has 0 aliphatic heterocycles. The average molecular weight is 391 g/mol. The summed E-state index contributed by atoms with van der Waals surface area (Å²) < 4.78 is 31.2. The lowest BCUT2D eigenvalue weighted by Gasteiger charge is -2.24. The first kappa shape index (κ1) is 20.8. The molecule has 0 fully saturated rings. The standard InChI is InChI=1S/C20H26N2O4S/c1-14-9-10-19(26-4)18(13-14)22(27(5,24)25)12-11-20(23)21-17-8-6-7-15(2)16(17)3/h6-10,13H,11-12H2,1-5H3,(H,21,23). The molecular weight excluding hydrogens is 364 g/mol. The van der Waals surface area contributed by atoms with Crippen molar-refractivity contribution in [2.24, 2.45) is 0 Å². The number of nitrogens with one attached hydrogen (secondary N) is 1. The van der Waals surface area contributed by atoms with Crippen LogP contribution in [0.4, 0.5) is 11.4 Å². The summed E-state index contributed by atoms with van der Waals surface area (Å²) in [5.41, 5.74) is 4.14. The Labute approximate surface area is 161 Å². The van der Waals surface area contributed by atoms with Crippen molar-refractivity contribution in [3.05, 3.63) is 53.1 Å². The van der Waals surface area contributed by atoms with Crippen molar-refractivity contribution >= 4 is 27.3 Å². The van der Waals surface area contributed by atoms with Gasteiger partial charge in [0.2, 0.25) is 15.9 Å². The van der Waals surface area contributed by atoms with E-state index in [2.05, 4.69) is 5.32 Å². The van der Waals surface area contributed by atoms with Crippen molar-refractivity contribution in [1.29, 1.82) is 0 Å². The van der Waals surface area contributed by atoms with Crippen LogP contribution in [0.25, 0.3) is 0 Å². The smallest absolute Gasteiger partial charge is 0.232 e. The highest BCUT2D eigenvalue weighted by atomic mass is 32.2. The number of sulfonamides is 1. The number of benzene rings is 2. The molecule has 0 radical (unpaired) electrons. The van der Waals surface area contributed by atoms with E-state index in [1.807, 2.05) is 45.0 Å². The molecule has 1 amide bonds. The third-order valence-corrected chi connectivity index (χ3v) is 5.60. The molecule has 2 aromatic rings. The molecule has 0 atom stereocenters. The first-order chi connectivity index (χ1) is 12.6. The van der Waals surface area contributed by atoms with Gasteiger partial charge in [0, 0.05) is 18.7 Å². The summed E-state index contributed by atoms with van der Waals surface area (Å²) in [6, 6.07) is 11.0. The number of carbonyl (C=O) groups is 1. The second-order valence-electron chi connectivity index (χ2n) is 6.56. The fraction of sp³-hybridized carbons (Fsp3) is 0.350. The van der Waals surface area contributed by atoms with Gasteiger partial charge in [0.1, 0.15) is 5.75 Å². The maximum Gasteiger partial charge on any atom is 0.232 e. The molecule has 2 aromatic carbocycles. The Morgan fingerprint density at radius 1 is 1.15 bits per heavy atom. The van der Waals surface area contributed by atoms with E-state index in [4.69, 9.17) is 4.74 Å². The Morgan fingerprint density at radius 3 is 2.48 bits per heavy atom. The van der Waals surface area contributed by atoms with Gasteiger partial charge in [-0.15, -0.1) is 0 Å². The van der Waals surface area contributed by atoms with Crippen LogP contribution in [0.5, 0.6) is 5.75 Å². The number of rotatable bonds is 7. The van der Waals surface area contributed by atoms with Crippen molar-refractivity contribution in [3.8, 4) is 5.75 Å². The Morgan fingerprint density at radius 2 is 1.85 bits per heavy atom. The minimum absolute atomic E-state index is 0.0232. The summed E-state index contributed by atoms with van der Waals surface area (Å²) in [4.78, 5) is 12.4. The molecule has 0 aliphatic rings. The highest BCUT2D eigenvalue weighted by molar-refractivity contribution is 7.92. The molecule has 1 N–H and O–H groups in total. The molecular formula is C20H26N2O4S. The van der Waals surface area contributed by atoms with Crippen LogP contribution in [0.2, 0.25) is 0 Å². The lowest BCUT2D eigenvalue weighted by atomic mass is 10.1. The second kappa shape index (κ2) is 8.43. The van der Waals surface area contributed by atoms with Gasteiger partial charge in [0.25, 0.3) is 0 Å². The fourth-order valence-electron chi connectivity index (χ4n) is 2.76. The minimum atomic E-state index is -3.58. The molecule has 2 rings (SSSR count). The molecule has 0 aliphatic carbocycles. The number of carbonyl (C=O) groups excluding carboxylic acids is 1. The number of hydrogen-bond donors (Lipinski definition) is 1. The van der Waals surface area contributed by atoms with Crippen molar-refractivity contribution in [3.63, 3.8) is 0 Å². The Hall–Kier alpha value is -2.54. The van der Waals surface area contributed by atoms with Crippen molar-refractivity contribution in [1.82, 2.24) is 0 Å². The summed E-state index contributed by atoms with van der Waals surface area (Å²) in [7, 11) is -2.09. The summed E-state index contributed by atoms with van der Waals surface area (Å²) in [6.07, 6.45) is 1.15. The zero-order valence-electron chi connectivity index (χ0n) is 16.4. The highest BCUT2D eigenvalue weighted by Gasteiger charge is 2.22. The zero-order chi connectivity index (χ0) is 20.2. The van der Waals surface area contributed by atoms with E-state index < -0.39 is 10.0 Å². The molecule has 0 unspecified atom stereocenters. The second-order valence-corrected chi connectivity index (χ2v) is 8.46. The number of ether oxygens (including phenoxy) is 1. The molecule has 27 heavy (non-hydrogen) atoms. The van der Waals surface area contributed by atoms with Gasteiger partial charge in [-0.2, -0.15) is 0 Å². The fourth-order valence-corrected chi connectivity index (χ4v) is 3.69. The van der Waals surface area contributed by atoms with Gasteiger partial charge in [0.15, 0.2) is 0 Å². The van der Waals surface area contributed by atoms with Crippen molar-refractivity contribution in [2.45, 2.75) is 27.2 Å². The summed E-state index contributed by atoms with van der Waals surface area (Å²) in [6.45, 7) is 5.80. The van der Waals surface area contributed by atoms with E-state index >= 15 is 0 Å². The first-order valence-electron chi connectivity index (χ1n) is 8.62. The van der Waals surface area contributed by atoms with Crippen LogP contribution in [-0.4, -0.2) is 34.2 Å². The lowest BCUT2D eigenvalue weighted by Crippen LogP contribution is -2.33. The number of aryl methyl sites for hydroxylation is 2. The number of anilines is 2. The van der Waals surface area contributed by atoms with E-state index in [0.717, 1.165) is 28.6 Å². The van der Waals surface area contributed by atoms with E-state index in [1.54, 1.807) is 12.1 Å². The van der Waals surface area contributed by atoms with Crippen LogP contribution < -0.4 is 14.4 Å². The van der Waals surface area contributed by atoms with E-state index in [1.165, 1.54) is 11.4 Å². The summed E-state index contributed by atoms with van der Waals surface area (Å²) >= 11 is 0. The summed E-state index contributed by atoms with van der Waals surface area (Å²) in [5.74, 6) is 0.199. The lowest BCUT2D eigenvalue weighted by molar-refractivity contribution is -0.116. The van der Waals surface area contributed by atoms with Crippen LogP contribution in [0.3, 0.4) is 0 Å². The molecule has 0 heterocycles. The van der Waals surface area contributed by atoms with Gasteiger partial charge >= 0.3 is 0 Å². The third-order valence-electron chi connectivity index (χ3n) is 4.42. The number of hydrogen-bond acceptors (Lipinski definition) is 4. The average Bonchev–Trinajstić information content (AvgIpc) is 2.58. The Kier molecular flexibility index (Phi) is 6.49. The first-order valence-corrected chi connectivity index (χ1v) is 10.5. The zero-order valence-corrected chi connectivity index (χ0v) is 17.2. The van der Waals surface area contributed by atoms with Crippen LogP contribution in [0.15, 0.2) is 36.4 Å². The van der Waals surface area contributed by atoms with Gasteiger partial charge in [0.05, 0.1) is 19.1 Å². The predicted octanol–water partition coefficient (Wildman–Crippen LogP) is 3.42. The maximum absolute atomic E-state index is 12.4. The van der Waals surface area contributed by atoms with Crippen LogP contribution in [0.1, 0.15) is 23.1 Å². The quantitative estimate of drug-likeness (QED) is 0.786. The molecule has 0 aromatic heterocycles. The molecule has 0 bridgehead atoms. The highest BCUT2D eigenvalue weighted by Crippen LogP contribution is 2.31. The molecule has 0 spiro atoms. The molecule has 7 heteroatoms. The van der Waals surface area contributed by atoms with E-state index in [9.17, 15) is 13.2 Å². The van der Waals surface area contributed by atoms with Gasteiger partial charge in [-0.05, 0) is 55.7 Å². The molecule has 6 nitrogen and oxygen atoms in total. The SMILES string of the molecule is COc1ccc(C)cc1N(CCC(=O)Nc1cccc(C)c1C)S(C)(=O)=O. The van der Waals surface area contributed by atoms with Crippen molar-refractivity contribution < 1.29 is 17.9 Å².